The second-order valence-electron chi connectivity index (χ2n) is 4.12. The highest BCUT2D eigenvalue weighted by Gasteiger charge is 2.05. The third kappa shape index (κ3) is 1.75. The minimum atomic E-state index is -0.333. The molecule has 5 heteroatoms. The van der Waals surface area contributed by atoms with Crippen LogP contribution in [0, 0.1) is 0 Å². The molecule has 3 aromatic rings. The van der Waals surface area contributed by atoms with Gasteiger partial charge in [0.15, 0.2) is 0 Å². The van der Waals surface area contributed by atoms with Gasteiger partial charge in [0, 0.05) is 23.3 Å². The number of aromatic nitrogens is 3. The van der Waals surface area contributed by atoms with Crippen molar-refractivity contribution in [3.63, 3.8) is 0 Å². The number of aromatic amines is 1. The maximum absolute atomic E-state index is 11.7. The second-order valence-corrected chi connectivity index (χ2v) is 4.12. The first-order valence-corrected chi connectivity index (χ1v) is 5.62. The molecule has 0 aliphatic carbocycles. The highest BCUT2D eigenvalue weighted by molar-refractivity contribution is 5.82. The number of rotatable bonds is 2. The Hall–Kier alpha value is -2.56. The number of nitrogens with zero attached hydrogens (tertiary/aromatic N) is 2. The minimum absolute atomic E-state index is 0.246. The van der Waals surface area contributed by atoms with Crippen molar-refractivity contribution in [1.29, 1.82) is 0 Å². The molecule has 0 amide bonds. The standard InChI is InChI=1S/C13H12N4O/c14-12-5-6-17(13(18)16-12)8-9-7-15-11-4-2-1-3-10(9)11/h1-7,15H,8H2,(H2,14,16,18). The first-order chi connectivity index (χ1) is 8.74. The molecule has 2 heterocycles. The van der Waals surface area contributed by atoms with Crippen LogP contribution in [0.5, 0.6) is 0 Å². The normalized spacial score (nSPS) is 10.9. The Balaban J connectivity index is 2.04. The molecular weight excluding hydrogens is 228 g/mol. The van der Waals surface area contributed by atoms with Crippen LogP contribution in [0.25, 0.3) is 10.9 Å². The molecule has 1 aromatic carbocycles. The lowest BCUT2D eigenvalue weighted by molar-refractivity contribution is 0.733. The molecule has 0 unspecified atom stereocenters. The van der Waals surface area contributed by atoms with Crippen LogP contribution < -0.4 is 11.4 Å². The molecule has 0 spiro atoms. The van der Waals surface area contributed by atoms with E-state index in [0.29, 0.717) is 6.54 Å². The van der Waals surface area contributed by atoms with E-state index in [1.807, 2.05) is 30.5 Å². The average molecular weight is 240 g/mol. The Morgan fingerprint density at radius 1 is 1.28 bits per heavy atom. The summed E-state index contributed by atoms with van der Waals surface area (Å²) in [5.41, 5.74) is 7.24. The Bertz CT molecular complexity index is 757. The van der Waals surface area contributed by atoms with Gasteiger partial charge in [-0.3, -0.25) is 4.57 Å². The topological polar surface area (TPSA) is 76.7 Å². The molecule has 0 saturated heterocycles. The van der Waals surface area contributed by atoms with Crippen LogP contribution in [-0.2, 0) is 6.54 Å². The summed E-state index contributed by atoms with van der Waals surface area (Å²) in [7, 11) is 0. The van der Waals surface area contributed by atoms with E-state index in [-0.39, 0.29) is 11.5 Å². The summed E-state index contributed by atoms with van der Waals surface area (Å²) in [6.45, 7) is 0.482. The fraction of sp³-hybridized carbons (Fsp3) is 0.0769. The number of nitrogen functional groups attached to an aromatic ring is 1. The van der Waals surface area contributed by atoms with E-state index < -0.39 is 0 Å². The smallest absolute Gasteiger partial charge is 0.349 e. The van der Waals surface area contributed by atoms with E-state index in [4.69, 9.17) is 5.73 Å². The quantitative estimate of drug-likeness (QED) is 0.710. The number of hydrogen-bond donors (Lipinski definition) is 2. The van der Waals surface area contributed by atoms with Gasteiger partial charge in [-0.15, -0.1) is 0 Å². The van der Waals surface area contributed by atoms with Gasteiger partial charge in [-0.1, -0.05) is 18.2 Å². The Morgan fingerprint density at radius 2 is 2.11 bits per heavy atom. The molecule has 2 aromatic heterocycles. The summed E-state index contributed by atoms with van der Waals surface area (Å²) >= 11 is 0. The Kier molecular flexibility index (Phi) is 2.37. The van der Waals surface area contributed by atoms with Crippen molar-refractivity contribution in [3.8, 4) is 0 Å². The highest BCUT2D eigenvalue weighted by atomic mass is 16.1. The Morgan fingerprint density at radius 3 is 2.94 bits per heavy atom. The van der Waals surface area contributed by atoms with E-state index in [1.165, 1.54) is 4.57 Å². The largest absolute Gasteiger partial charge is 0.383 e. The van der Waals surface area contributed by atoms with Crippen molar-refractivity contribution < 1.29 is 0 Å². The summed E-state index contributed by atoms with van der Waals surface area (Å²) in [6, 6.07) is 9.60. The molecule has 0 radical (unpaired) electrons. The molecule has 3 rings (SSSR count). The zero-order valence-electron chi connectivity index (χ0n) is 9.63. The van der Waals surface area contributed by atoms with Crippen LogP contribution >= 0.6 is 0 Å². The van der Waals surface area contributed by atoms with Crippen molar-refractivity contribution in [3.05, 3.63) is 58.8 Å². The molecule has 0 aliphatic rings. The predicted molar refractivity (Wildman–Crippen MR) is 70.3 cm³/mol. The molecule has 3 N–H and O–H groups in total. The van der Waals surface area contributed by atoms with Crippen LogP contribution in [0.4, 0.5) is 5.82 Å². The van der Waals surface area contributed by atoms with Crippen LogP contribution in [0.15, 0.2) is 47.5 Å². The number of nitrogens with one attached hydrogen (secondary N) is 1. The zero-order valence-corrected chi connectivity index (χ0v) is 9.63. The summed E-state index contributed by atoms with van der Waals surface area (Å²) in [4.78, 5) is 18.6. The summed E-state index contributed by atoms with van der Waals surface area (Å²) in [6.07, 6.45) is 3.57. The van der Waals surface area contributed by atoms with Crippen molar-refractivity contribution in [2.45, 2.75) is 6.54 Å². The number of fused-ring (bicyclic) bond motifs is 1. The zero-order chi connectivity index (χ0) is 12.5. The van der Waals surface area contributed by atoms with Gasteiger partial charge in [0.25, 0.3) is 0 Å². The minimum Gasteiger partial charge on any atom is -0.383 e. The fourth-order valence-electron chi connectivity index (χ4n) is 2.01. The van der Waals surface area contributed by atoms with Crippen LogP contribution in [0.1, 0.15) is 5.56 Å². The summed E-state index contributed by atoms with van der Waals surface area (Å²) < 4.78 is 1.53. The predicted octanol–water partition coefficient (Wildman–Crippen LogP) is 1.36. The number of anilines is 1. The number of para-hydroxylation sites is 1. The van der Waals surface area contributed by atoms with E-state index in [0.717, 1.165) is 16.5 Å². The van der Waals surface area contributed by atoms with E-state index in [9.17, 15) is 4.79 Å². The fourth-order valence-corrected chi connectivity index (χ4v) is 2.01. The molecule has 0 atom stereocenters. The maximum Gasteiger partial charge on any atom is 0.349 e. The monoisotopic (exact) mass is 240 g/mol. The number of hydrogen-bond acceptors (Lipinski definition) is 3. The number of benzene rings is 1. The number of nitrogens with two attached hydrogens (primary N) is 1. The van der Waals surface area contributed by atoms with Gasteiger partial charge in [-0.25, -0.2) is 4.79 Å². The molecule has 0 fully saturated rings. The molecule has 0 bridgehead atoms. The molecule has 0 saturated carbocycles. The molecular formula is C13H12N4O. The highest BCUT2D eigenvalue weighted by Crippen LogP contribution is 2.17. The number of H-pyrrole nitrogens is 1. The van der Waals surface area contributed by atoms with E-state index in [2.05, 4.69) is 9.97 Å². The van der Waals surface area contributed by atoms with Gasteiger partial charge in [0.1, 0.15) is 5.82 Å². The SMILES string of the molecule is Nc1ccn(Cc2c[nH]c3ccccc23)c(=O)n1. The van der Waals surface area contributed by atoms with E-state index in [1.54, 1.807) is 12.3 Å². The van der Waals surface area contributed by atoms with Gasteiger partial charge in [-0.05, 0) is 17.7 Å². The molecule has 90 valence electrons. The lowest BCUT2D eigenvalue weighted by Gasteiger charge is -2.03. The lowest BCUT2D eigenvalue weighted by Crippen LogP contribution is -2.23. The van der Waals surface area contributed by atoms with Crippen LogP contribution in [0.2, 0.25) is 0 Å². The second kappa shape index (κ2) is 4.03. The maximum atomic E-state index is 11.7. The third-order valence-electron chi connectivity index (χ3n) is 2.91. The van der Waals surface area contributed by atoms with E-state index >= 15 is 0 Å². The Labute approximate surface area is 103 Å². The average Bonchev–Trinajstić information content (AvgIpc) is 2.76. The first kappa shape index (κ1) is 10.6. The lowest BCUT2D eigenvalue weighted by atomic mass is 10.2. The van der Waals surface area contributed by atoms with Gasteiger partial charge < -0.3 is 10.7 Å². The molecule has 5 nitrogen and oxygen atoms in total. The third-order valence-corrected chi connectivity index (χ3v) is 2.91. The van der Waals surface area contributed by atoms with Crippen molar-refractivity contribution in [2.75, 3.05) is 5.73 Å². The van der Waals surface area contributed by atoms with Crippen molar-refractivity contribution in [2.24, 2.45) is 0 Å². The molecule has 18 heavy (non-hydrogen) atoms. The molecule has 0 aliphatic heterocycles. The van der Waals surface area contributed by atoms with Gasteiger partial charge >= 0.3 is 5.69 Å². The summed E-state index contributed by atoms with van der Waals surface area (Å²) in [5, 5.41) is 1.11. The van der Waals surface area contributed by atoms with Crippen molar-refractivity contribution in [1.82, 2.24) is 14.5 Å². The first-order valence-electron chi connectivity index (χ1n) is 5.62. The summed E-state index contributed by atoms with van der Waals surface area (Å²) in [5.74, 6) is 0.246. The van der Waals surface area contributed by atoms with Crippen molar-refractivity contribution >= 4 is 16.7 Å². The van der Waals surface area contributed by atoms with Gasteiger partial charge in [0.2, 0.25) is 0 Å². The van der Waals surface area contributed by atoms with Gasteiger partial charge in [-0.2, -0.15) is 4.98 Å². The van der Waals surface area contributed by atoms with Gasteiger partial charge in [0.05, 0.1) is 6.54 Å². The van der Waals surface area contributed by atoms with Crippen LogP contribution in [0.3, 0.4) is 0 Å². The van der Waals surface area contributed by atoms with Crippen LogP contribution in [-0.4, -0.2) is 14.5 Å².